The molecule has 1 aliphatic rings. The lowest BCUT2D eigenvalue weighted by molar-refractivity contribution is -0.385. The van der Waals surface area contributed by atoms with Crippen LogP contribution in [0, 0.1) is 29.9 Å². The highest BCUT2D eigenvalue weighted by atomic mass is 16.6. The second kappa shape index (κ2) is 6.02. The molecular weight excluding hydrogens is 242 g/mol. The molecule has 0 bridgehead atoms. The third-order valence-electron chi connectivity index (χ3n) is 3.78. The van der Waals surface area contributed by atoms with E-state index in [2.05, 4.69) is 10.6 Å². The summed E-state index contributed by atoms with van der Waals surface area (Å²) in [5, 5.41) is 17.7. The minimum absolute atomic E-state index is 0.193. The van der Waals surface area contributed by atoms with E-state index in [1.54, 1.807) is 13.0 Å². The Hall–Kier alpha value is -1.62. The summed E-state index contributed by atoms with van der Waals surface area (Å²) in [6.07, 6.45) is 2.33. The van der Waals surface area contributed by atoms with E-state index >= 15 is 0 Å². The predicted octanol–water partition coefficient (Wildman–Crippen LogP) is 2.62. The topological polar surface area (TPSA) is 67.2 Å². The van der Waals surface area contributed by atoms with Crippen molar-refractivity contribution in [2.45, 2.75) is 26.7 Å². The summed E-state index contributed by atoms with van der Waals surface area (Å²) in [4.78, 5) is 10.6. The van der Waals surface area contributed by atoms with E-state index in [1.807, 2.05) is 13.0 Å². The van der Waals surface area contributed by atoms with E-state index < -0.39 is 0 Å². The SMILES string of the molecule is Cc1cc(C)c([N+](=O)[O-])cc1NCC1CCNCC1. The van der Waals surface area contributed by atoms with Crippen LogP contribution in [0.2, 0.25) is 0 Å². The molecule has 5 nitrogen and oxygen atoms in total. The van der Waals surface area contributed by atoms with Crippen molar-refractivity contribution < 1.29 is 4.92 Å². The Bertz CT molecular complexity index is 468. The van der Waals surface area contributed by atoms with Crippen molar-refractivity contribution in [2.75, 3.05) is 25.0 Å². The van der Waals surface area contributed by atoms with Crippen LogP contribution < -0.4 is 10.6 Å². The van der Waals surface area contributed by atoms with Gasteiger partial charge in [0, 0.05) is 23.9 Å². The highest BCUT2D eigenvalue weighted by Gasteiger charge is 2.16. The number of piperidine rings is 1. The van der Waals surface area contributed by atoms with Crippen molar-refractivity contribution in [1.82, 2.24) is 5.32 Å². The minimum atomic E-state index is -0.315. The first kappa shape index (κ1) is 13.8. The van der Waals surface area contributed by atoms with E-state index in [-0.39, 0.29) is 10.6 Å². The molecule has 0 saturated carbocycles. The number of rotatable bonds is 4. The van der Waals surface area contributed by atoms with Crippen LogP contribution in [0.15, 0.2) is 12.1 Å². The molecule has 5 heteroatoms. The fourth-order valence-electron chi connectivity index (χ4n) is 2.57. The van der Waals surface area contributed by atoms with Crippen LogP contribution in [0.5, 0.6) is 0 Å². The minimum Gasteiger partial charge on any atom is -0.384 e. The number of nitro groups is 1. The maximum atomic E-state index is 11.0. The second-order valence-electron chi connectivity index (χ2n) is 5.29. The van der Waals surface area contributed by atoms with Gasteiger partial charge < -0.3 is 10.6 Å². The van der Waals surface area contributed by atoms with Gasteiger partial charge in [-0.1, -0.05) is 0 Å². The van der Waals surface area contributed by atoms with Gasteiger partial charge in [-0.3, -0.25) is 10.1 Å². The van der Waals surface area contributed by atoms with Gasteiger partial charge in [0.05, 0.1) is 4.92 Å². The molecular formula is C14H21N3O2. The lowest BCUT2D eigenvalue weighted by Gasteiger charge is -2.23. The maximum Gasteiger partial charge on any atom is 0.274 e. The van der Waals surface area contributed by atoms with Crippen LogP contribution in [0.1, 0.15) is 24.0 Å². The third-order valence-corrected chi connectivity index (χ3v) is 3.78. The zero-order valence-corrected chi connectivity index (χ0v) is 11.5. The number of nitrogens with zero attached hydrogens (tertiary/aromatic N) is 1. The third kappa shape index (κ3) is 3.44. The molecule has 0 atom stereocenters. The summed E-state index contributed by atoms with van der Waals surface area (Å²) in [5.41, 5.74) is 2.86. The van der Waals surface area contributed by atoms with Crippen molar-refractivity contribution in [3.05, 3.63) is 33.4 Å². The fraction of sp³-hybridized carbons (Fsp3) is 0.571. The first-order chi connectivity index (χ1) is 9.08. The summed E-state index contributed by atoms with van der Waals surface area (Å²) in [6, 6.07) is 3.54. The molecule has 0 spiro atoms. The first-order valence-corrected chi connectivity index (χ1v) is 6.78. The van der Waals surface area contributed by atoms with Crippen LogP contribution in [0.3, 0.4) is 0 Å². The van der Waals surface area contributed by atoms with Crippen molar-refractivity contribution in [2.24, 2.45) is 5.92 Å². The number of hydrogen-bond acceptors (Lipinski definition) is 4. The molecule has 0 amide bonds. The van der Waals surface area contributed by atoms with Crippen molar-refractivity contribution in [1.29, 1.82) is 0 Å². The first-order valence-electron chi connectivity index (χ1n) is 6.78. The van der Waals surface area contributed by atoms with Gasteiger partial charge in [-0.2, -0.15) is 0 Å². The maximum absolute atomic E-state index is 11.0. The lowest BCUT2D eigenvalue weighted by atomic mass is 9.98. The quantitative estimate of drug-likeness (QED) is 0.647. The molecule has 0 aromatic heterocycles. The molecule has 0 aliphatic carbocycles. The molecule has 104 valence electrons. The second-order valence-corrected chi connectivity index (χ2v) is 5.29. The van der Waals surface area contributed by atoms with Gasteiger partial charge in [0.25, 0.3) is 5.69 Å². The Balaban J connectivity index is 2.06. The molecule has 1 aliphatic heterocycles. The molecule has 1 fully saturated rings. The molecule has 2 rings (SSSR count). The van der Waals surface area contributed by atoms with E-state index in [4.69, 9.17) is 0 Å². The van der Waals surface area contributed by atoms with Crippen molar-refractivity contribution in [3.8, 4) is 0 Å². The number of aryl methyl sites for hydroxylation is 2. The molecule has 1 heterocycles. The Kier molecular flexibility index (Phi) is 4.37. The Labute approximate surface area is 113 Å². The molecule has 19 heavy (non-hydrogen) atoms. The van der Waals surface area contributed by atoms with Crippen LogP contribution in [0.4, 0.5) is 11.4 Å². The summed E-state index contributed by atoms with van der Waals surface area (Å²) in [5.74, 6) is 0.654. The van der Waals surface area contributed by atoms with Crippen molar-refractivity contribution in [3.63, 3.8) is 0 Å². The summed E-state index contributed by atoms with van der Waals surface area (Å²) in [6.45, 7) is 6.80. The van der Waals surface area contributed by atoms with E-state index in [0.717, 1.165) is 36.4 Å². The van der Waals surface area contributed by atoms with Crippen LogP contribution in [0.25, 0.3) is 0 Å². The van der Waals surface area contributed by atoms with Gasteiger partial charge in [-0.25, -0.2) is 0 Å². The molecule has 1 aromatic rings. The average molecular weight is 263 g/mol. The smallest absolute Gasteiger partial charge is 0.274 e. The number of benzene rings is 1. The Morgan fingerprint density at radius 3 is 2.63 bits per heavy atom. The fourth-order valence-corrected chi connectivity index (χ4v) is 2.57. The van der Waals surface area contributed by atoms with E-state index in [0.29, 0.717) is 5.92 Å². The zero-order valence-electron chi connectivity index (χ0n) is 11.5. The highest BCUT2D eigenvalue weighted by Crippen LogP contribution is 2.26. The Morgan fingerprint density at radius 2 is 2.00 bits per heavy atom. The number of hydrogen-bond donors (Lipinski definition) is 2. The van der Waals surface area contributed by atoms with Gasteiger partial charge in [0.2, 0.25) is 0 Å². The highest BCUT2D eigenvalue weighted by molar-refractivity contribution is 5.60. The normalized spacial score (nSPS) is 16.3. The summed E-state index contributed by atoms with van der Waals surface area (Å²) < 4.78 is 0. The van der Waals surface area contributed by atoms with E-state index in [1.165, 1.54) is 12.8 Å². The summed E-state index contributed by atoms with van der Waals surface area (Å²) in [7, 11) is 0. The molecule has 1 aromatic carbocycles. The van der Waals surface area contributed by atoms with E-state index in [9.17, 15) is 10.1 Å². The van der Waals surface area contributed by atoms with Gasteiger partial charge in [-0.15, -0.1) is 0 Å². The predicted molar refractivity (Wildman–Crippen MR) is 76.7 cm³/mol. The van der Waals surface area contributed by atoms with Crippen LogP contribution in [-0.4, -0.2) is 24.6 Å². The number of nitrogens with one attached hydrogen (secondary N) is 2. The average Bonchev–Trinajstić information content (AvgIpc) is 2.38. The van der Waals surface area contributed by atoms with Crippen LogP contribution in [-0.2, 0) is 0 Å². The van der Waals surface area contributed by atoms with Gasteiger partial charge in [0.1, 0.15) is 0 Å². The van der Waals surface area contributed by atoms with Gasteiger partial charge in [0.15, 0.2) is 0 Å². The molecule has 2 N–H and O–H groups in total. The van der Waals surface area contributed by atoms with Gasteiger partial charge >= 0.3 is 0 Å². The largest absolute Gasteiger partial charge is 0.384 e. The zero-order chi connectivity index (χ0) is 13.8. The lowest BCUT2D eigenvalue weighted by Crippen LogP contribution is -2.31. The monoisotopic (exact) mass is 263 g/mol. The summed E-state index contributed by atoms with van der Waals surface area (Å²) >= 11 is 0. The molecule has 0 radical (unpaired) electrons. The standard InChI is InChI=1S/C14H21N3O2/c1-10-7-11(2)14(17(18)19)8-13(10)16-9-12-3-5-15-6-4-12/h7-8,12,15-16H,3-6,9H2,1-2H3. The number of nitro benzene ring substituents is 1. The van der Waals surface area contributed by atoms with Gasteiger partial charge in [-0.05, 0) is 57.3 Å². The van der Waals surface area contributed by atoms with Crippen molar-refractivity contribution >= 4 is 11.4 Å². The Morgan fingerprint density at radius 1 is 1.32 bits per heavy atom. The van der Waals surface area contributed by atoms with Crippen LogP contribution >= 0.6 is 0 Å². The molecule has 0 unspecified atom stereocenters. The number of anilines is 1. The molecule has 1 saturated heterocycles.